The van der Waals surface area contributed by atoms with E-state index in [1.165, 1.54) is 25.8 Å². The number of hydrogen-bond acceptors (Lipinski definition) is 3. The Morgan fingerprint density at radius 1 is 1.41 bits per heavy atom. The minimum Gasteiger partial charge on any atom is -0.329 e. The van der Waals surface area contributed by atoms with E-state index in [4.69, 9.17) is 5.73 Å². The molecule has 1 fully saturated rings. The van der Waals surface area contributed by atoms with Gasteiger partial charge in [-0.05, 0) is 31.4 Å². The number of aromatic nitrogens is 2. The summed E-state index contributed by atoms with van der Waals surface area (Å²) >= 11 is 0. The van der Waals surface area contributed by atoms with Gasteiger partial charge < -0.3 is 5.73 Å². The third-order valence-electron chi connectivity index (χ3n) is 3.97. The maximum absolute atomic E-state index is 5.90. The Labute approximate surface area is 104 Å². The molecule has 2 N–H and O–H groups in total. The van der Waals surface area contributed by atoms with Gasteiger partial charge in [-0.2, -0.15) is 5.10 Å². The highest BCUT2D eigenvalue weighted by molar-refractivity contribution is 4.83. The Morgan fingerprint density at radius 2 is 2.29 bits per heavy atom. The van der Waals surface area contributed by atoms with Crippen molar-refractivity contribution in [2.24, 2.45) is 11.7 Å². The maximum atomic E-state index is 5.90. The van der Waals surface area contributed by atoms with Crippen molar-refractivity contribution in [3.63, 3.8) is 0 Å². The summed E-state index contributed by atoms with van der Waals surface area (Å²) in [6.07, 6.45) is 7.75. The highest BCUT2D eigenvalue weighted by atomic mass is 15.3. The third kappa shape index (κ3) is 3.30. The molecule has 4 nitrogen and oxygen atoms in total. The Balaban J connectivity index is 1.83. The Hall–Kier alpha value is -0.870. The van der Waals surface area contributed by atoms with Crippen LogP contribution < -0.4 is 5.73 Å². The van der Waals surface area contributed by atoms with Crippen LogP contribution in [-0.2, 0) is 6.54 Å². The van der Waals surface area contributed by atoms with Gasteiger partial charge in [-0.25, -0.2) is 0 Å². The summed E-state index contributed by atoms with van der Waals surface area (Å²) in [6, 6.07) is 2.55. The zero-order valence-corrected chi connectivity index (χ0v) is 10.8. The molecule has 1 aromatic heterocycles. The summed E-state index contributed by atoms with van der Waals surface area (Å²) in [7, 11) is 0. The number of rotatable bonds is 5. The van der Waals surface area contributed by atoms with E-state index >= 15 is 0 Å². The SMILES string of the molecule is CCC1CCN(CCn2cccn2)C(CN)C1. The van der Waals surface area contributed by atoms with Crippen LogP contribution in [-0.4, -0.2) is 40.4 Å². The summed E-state index contributed by atoms with van der Waals surface area (Å²) in [5, 5.41) is 4.24. The molecule has 0 spiro atoms. The van der Waals surface area contributed by atoms with Crippen molar-refractivity contribution in [1.29, 1.82) is 0 Å². The van der Waals surface area contributed by atoms with Gasteiger partial charge in [0.25, 0.3) is 0 Å². The van der Waals surface area contributed by atoms with E-state index in [1.54, 1.807) is 0 Å². The number of hydrogen-bond donors (Lipinski definition) is 1. The van der Waals surface area contributed by atoms with E-state index in [0.717, 1.165) is 25.6 Å². The first kappa shape index (κ1) is 12.6. The van der Waals surface area contributed by atoms with Crippen molar-refractivity contribution >= 4 is 0 Å². The van der Waals surface area contributed by atoms with E-state index in [1.807, 2.05) is 23.1 Å². The summed E-state index contributed by atoms with van der Waals surface area (Å²) in [6.45, 7) is 6.31. The van der Waals surface area contributed by atoms with Crippen molar-refractivity contribution in [1.82, 2.24) is 14.7 Å². The van der Waals surface area contributed by atoms with Crippen LogP contribution in [0.1, 0.15) is 26.2 Å². The van der Waals surface area contributed by atoms with Gasteiger partial charge in [-0.15, -0.1) is 0 Å². The molecule has 2 atom stereocenters. The van der Waals surface area contributed by atoms with Crippen molar-refractivity contribution < 1.29 is 0 Å². The maximum Gasteiger partial charge on any atom is 0.0536 e. The Morgan fingerprint density at radius 3 is 2.94 bits per heavy atom. The van der Waals surface area contributed by atoms with Crippen LogP contribution in [0.5, 0.6) is 0 Å². The lowest BCUT2D eigenvalue weighted by atomic mass is 9.89. The average Bonchev–Trinajstić information content (AvgIpc) is 2.89. The fraction of sp³-hybridized carbons (Fsp3) is 0.769. The van der Waals surface area contributed by atoms with Crippen LogP contribution in [0.3, 0.4) is 0 Å². The molecule has 1 saturated heterocycles. The molecule has 1 aliphatic rings. The molecular weight excluding hydrogens is 212 g/mol. The van der Waals surface area contributed by atoms with Crippen molar-refractivity contribution in [2.45, 2.75) is 38.8 Å². The van der Waals surface area contributed by atoms with Gasteiger partial charge in [-0.1, -0.05) is 13.3 Å². The number of nitrogens with two attached hydrogens (primary N) is 1. The second kappa shape index (κ2) is 6.17. The van der Waals surface area contributed by atoms with Crippen molar-refractivity contribution in [2.75, 3.05) is 19.6 Å². The highest BCUT2D eigenvalue weighted by Gasteiger charge is 2.26. The largest absolute Gasteiger partial charge is 0.329 e. The fourth-order valence-electron chi connectivity index (χ4n) is 2.76. The molecule has 96 valence electrons. The monoisotopic (exact) mass is 236 g/mol. The summed E-state index contributed by atoms with van der Waals surface area (Å²) in [5.74, 6) is 0.879. The Bertz CT molecular complexity index is 309. The highest BCUT2D eigenvalue weighted by Crippen LogP contribution is 2.24. The van der Waals surface area contributed by atoms with Crippen LogP contribution >= 0.6 is 0 Å². The Kier molecular flexibility index (Phi) is 4.57. The van der Waals surface area contributed by atoms with Crippen LogP contribution in [0.15, 0.2) is 18.5 Å². The molecule has 2 rings (SSSR count). The first-order valence-corrected chi connectivity index (χ1v) is 6.75. The van der Waals surface area contributed by atoms with Gasteiger partial charge in [-0.3, -0.25) is 9.58 Å². The molecule has 17 heavy (non-hydrogen) atoms. The van der Waals surface area contributed by atoms with Crippen LogP contribution in [0.4, 0.5) is 0 Å². The summed E-state index contributed by atoms with van der Waals surface area (Å²) in [4.78, 5) is 2.54. The van der Waals surface area contributed by atoms with E-state index in [9.17, 15) is 0 Å². The minimum absolute atomic E-state index is 0.573. The fourth-order valence-corrected chi connectivity index (χ4v) is 2.76. The molecule has 0 bridgehead atoms. The predicted molar refractivity (Wildman–Crippen MR) is 69.7 cm³/mol. The molecule has 2 heterocycles. The molecule has 0 aliphatic carbocycles. The van der Waals surface area contributed by atoms with E-state index in [2.05, 4.69) is 16.9 Å². The predicted octanol–water partition coefficient (Wildman–Crippen LogP) is 1.33. The smallest absolute Gasteiger partial charge is 0.0536 e. The summed E-state index contributed by atoms with van der Waals surface area (Å²) < 4.78 is 2.00. The van der Waals surface area contributed by atoms with Gasteiger partial charge in [0.1, 0.15) is 0 Å². The lowest BCUT2D eigenvalue weighted by Crippen LogP contribution is -2.47. The second-order valence-corrected chi connectivity index (χ2v) is 4.99. The first-order chi connectivity index (χ1) is 8.33. The first-order valence-electron chi connectivity index (χ1n) is 6.75. The molecule has 1 aromatic rings. The molecule has 4 heteroatoms. The van der Waals surface area contributed by atoms with E-state index in [0.29, 0.717) is 6.04 Å². The van der Waals surface area contributed by atoms with Gasteiger partial charge in [0, 0.05) is 31.5 Å². The van der Waals surface area contributed by atoms with Crippen LogP contribution in [0.2, 0.25) is 0 Å². The average molecular weight is 236 g/mol. The van der Waals surface area contributed by atoms with Gasteiger partial charge in [0.2, 0.25) is 0 Å². The molecular formula is C13H24N4. The van der Waals surface area contributed by atoms with Crippen molar-refractivity contribution in [3.05, 3.63) is 18.5 Å². The zero-order chi connectivity index (χ0) is 12.1. The van der Waals surface area contributed by atoms with Crippen LogP contribution in [0, 0.1) is 5.92 Å². The zero-order valence-electron chi connectivity index (χ0n) is 10.8. The van der Waals surface area contributed by atoms with Crippen molar-refractivity contribution in [3.8, 4) is 0 Å². The lowest BCUT2D eigenvalue weighted by molar-refractivity contribution is 0.109. The van der Waals surface area contributed by atoms with Crippen LogP contribution in [0.25, 0.3) is 0 Å². The lowest BCUT2D eigenvalue weighted by Gasteiger charge is -2.38. The van der Waals surface area contributed by atoms with Gasteiger partial charge in [0.15, 0.2) is 0 Å². The quantitative estimate of drug-likeness (QED) is 0.839. The van der Waals surface area contributed by atoms with Gasteiger partial charge in [0.05, 0.1) is 6.54 Å². The third-order valence-corrected chi connectivity index (χ3v) is 3.97. The number of nitrogens with zero attached hydrogens (tertiary/aromatic N) is 3. The normalized spacial score (nSPS) is 26.2. The minimum atomic E-state index is 0.573. The van der Waals surface area contributed by atoms with Gasteiger partial charge >= 0.3 is 0 Å². The standard InChI is InChI=1S/C13H24N4/c1-2-12-4-7-16(13(10-12)11-14)8-9-17-6-3-5-15-17/h3,5-6,12-13H,2,4,7-11,14H2,1H3. The molecule has 1 aliphatic heterocycles. The molecule has 2 unspecified atom stereocenters. The summed E-state index contributed by atoms with van der Waals surface area (Å²) in [5.41, 5.74) is 5.90. The molecule has 0 aromatic carbocycles. The molecule has 0 amide bonds. The number of likely N-dealkylation sites (tertiary alicyclic amines) is 1. The number of piperidine rings is 1. The topological polar surface area (TPSA) is 47.1 Å². The van der Waals surface area contributed by atoms with E-state index < -0.39 is 0 Å². The van der Waals surface area contributed by atoms with E-state index in [-0.39, 0.29) is 0 Å². The molecule has 0 radical (unpaired) electrons. The second-order valence-electron chi connectivity index (χ2n) is 4.99. The molecule has 0 saturated carbocycles.